The van der Waals surface area contributed by atoms with E-state index in [1.807, 2.05) is 6.92 Å². The van der Waals surface area contributed by atoms with Gasteiger partial charge in [0.1, 0.15) is 0 Å². The van der Waals surface area contributed by atoms with Crippen molar-refractivity contribution in [1.82, 2.24) is 15.1 Å². The van der Waals surface area contributed by atoms with Crippen molar-refractivity contribution in [2.75, 3.05) is 6.54 Å². The standard InChI is InChI=1S/C16H25N3O/c1-5-19-12-15(11-18-19)16(20)17-10-9-14(4)8-6-7-13(2)3/h7,9,11-12H,5-6,8,10H2,1-4H3,(H,17,20)/b14-9+. The zero-order chi connectivity index (χ0) is 15.0. The molecule has 1 amide bonds. The molecule has 4 nitrogen and oxygen atoms in total. The molecule has 20 heavy (non-hydrogen) atoms. The van der Waals surface area contributed by atoms with Gasteiger partial charge in [-0.2, -0.15) is 5.10 Å². The molecule has 1 aromatic heterocycles. The van der Waals surface area contributed by atoms with Crippen LogP contribution in [0.5, 0.6) is 0 Å². The molecule has 0 fully saturated rings. The van der Waals surface area contributed by atoms with Gasteiger partial charge in [-0.1, -0.05) is 23.3 Å². The summed E-state index contributed by atoms with van der Waals surface area (Å²) in [5, 5.41) is 6.97. The van der Waals surface area contributed by atoms with Crippen LogP contribution in [-0.2, 0) is 6.54 Å². The molecule has 1 aromatic rings. The predicted octanol–water partition coefficient (Wildman–Crippen LogP) is 3.33. The number of allylic oxidation sites excluding steroid dienone is 3. The van der Waals surface area contributed by atoms with Gasteiger partial charge in [-0.15, -0.1) is 0 Å². The number of aromatic nitrogens is 2. The number of carbonyl (C=O) groups excluding carboxylic acids is 1. The van der Waals surface area contributed by atoms with Crippen LogP contribution < -0.4 is 5.32 Å². The highest BCUT2D eigenvalue weighted by Crippen LogP contribution is 2.06. The number of hydrogen-bond donors (Lipinski definition) is 1. The van der Waals surface area contributed by atoms with Crippen LogP contribution in [0, 0.1) is 0 Å². The first-order chi connectivity index (χ1) is 9.52. The third-order valence-electron chi connectivity index (χ3n) is 3.02. The Bertz CT molecular complexity index is 494. The Labute approximate surface area is 121 Å². The van der Waals surface area contributed by atoms with Crippen LogP contribution in [0.15, 0.2) is 35.7 Å². The lowest BCUT2D eigenvalue weighted by atomic mass is 10.1. The minimum absolute atomic E-state index is 0.0713. The van der Waals surface area contributed by atoms with Crippen molar-refractivity contribution in [1.29, 1.82) is 0 Å². The number of nitrogens with one attached hydrogen (secondary N) is 1. The molecule has 1 rings (SSSR count). The Hall–Kier alpha value is -1.84. The van der Waals surface area contributed by atoms with Crippen molar-refractivity contribution in [2.24, 2.45) is 0 Å². The normalized spacial score (nSPS) is 11.3. The summed E-state index contributed by atoms with van der Waals surface area (Å²) in [6.07, 6.45) is 9.76. The predicted molar refractivity (Wildman–Crippen MR) is 82.7 cm³/mol. The summed E-state index contributed by atoms with van der Waals surface area (Å²) in [6.45, 7) is 9.65. The summed E-state index contributed by atoms with van der Waals surface area (Å²) < 4.78 is 1.75. The summed E-state index contributed by atoms with van der Waals surface area (Å²) in [7, 11) is 0. The van der Waals surface area contributed by atoms with Gasteiger partial charge in [-0.3, -0.25) is 9.48 Å². The molecular weight excluding hydrogens is 250 g/mol. The molecule has 0 spiro atoms. The van der Waals surface area contributed by atoms with E-state index >= 15 is 0 Å². The Morgan fingerprint density at radius 3 is 2.70 bits per heavy atom. The summed E-state index contributed by atoms with van der Waals surface area (Å²) >= 11 is 0. The average molecular weight is 275 g/mol. The van der Waals surface area contributed by atoms with Crippen LogP contribution >= 0.6 is 0 Å². The van der Waals surface area contributed by atoms with Gasteiger partial charge in [0.05, 0.1) is 11.8 Å². The topological polar surface area (TPSA) is 46.9 Å². The van der Waals surface area contributed by atoms with E-state index in [9.17, 15) is 4.79 Å². The first-order valence-electron chi connectivity index (χ1n) is 7.12. The van der Waals surface area contributed by atoms with Gasteiger partial charge >= 0.3 is 0 Å². The van der Waals surface area contributed by atoms with Crippen LogP contribution in [0.25, 0.3) is 0 Å². The smallest absolute Gasteiger partial charge is 0.254 e. The van der Waals surface area contributed by atoms with Crippen LogP contribution in [0.3, 0.4) is 0 Å². The molecule has 0 radical (unpaired) electrons. The molecule has 4 heteroatoms. The number of hydrogen-bond acceptors (Lipinski definition) is 2. The molecule has 110 valence electrons. The highest BCUT2D eigenvalue weighted by molar-refractivity contribution is 5.93. The van der Waals surface area contributed by atoms with E-state index in [4.69, 9.17) is 0 Å². The van der Waals surface area contributed by atoms with E-state index in [0.29, 0.717) is 12.1 Å². The van der Waals surface area contributed by atoms with Gasteiger partial charge in [-0.25, -0.2) is 0 Å². The van der Waals surface area contributed by atoms with E-state index in [1.165, 1.54) is 11.1 Å². The Kier molecular flexibility index (Phi) is 6.77. The lowest BCUT2D eigenvalue weighted by Crippen LogP contribution is -2.23. The molecule has 0 bridgehead atoms. The van der Waals surface area contributed by atoms with E-state index in [-0.39, 0.29) is 5.91 Å². The number of aryl methyl sites for hydroxylation is 1. The molecule has 1 N–H and O–H groups in total. The van der Waals surface area contributed by atoms with Crippen molar-refractivity contribution in [3.63, 3.8) is 0 Å². The average Bonchev–Trinajstić information content (AvgIpc) is 2.87. The minimum atomic E-state index is -0.0713. The Morgan fingerprint density at radius 1 is 1.35 bits per heavy atom. The summed E-state index contributed by atoms with van der Waals surface area (Å²) in [5.41, 5.74) is 3.26. The number of nitrogens with zero attached hydrogens (tertiary/aromatic N) is 2. The highest BCUT2D eigenvalue weighted by atomic mass is 16.1. The van der Waals surface area contributed by atoms with E-state index in [2.05, 4.69) is 43.3 Å². The first-order valence-corrected chi connectivity index (χ1v) is 7.12. The fourth-order valence-electron chi connectivity index (χ4n) is 1.76. The second-order valence-corrected chi connectivity index (χ2v) is 5.17. The molecule has 0 unspecified atom stereocenters. The lowest BCUT2D eigenvalue weighted by Gasteiger charge is -2.02. The van der Waals surface area contributed by atoms with Gasteiger partial charge < -0.3 is 5.32 Å². The van der Waals surface area contributed by atoms with Gasteiger partial charge in [0.2, 0.25) is 0 Å². The third kappa shape index (κ3) is 5.87. The summed E-state index contributed by atoms with van der Waals surface area (Å²) in [5.74, 6) is -0.0713. The van der Waals surface area contributed by atoms with Crippen molar-refractivity contribution in [3.8, 4) is 0 Å². The maximum atomic E-state index is 11.9. The lowest BCUT2D eigenvalue weighted by molar-refractivity contribution is 0.0958. The molecule has 0 saturated heterocycles. The first kappa shape index (κ1) is 16.2. The molecule has 0 aliphatic carbocycles. The monoisotopic (exact) mass is 275 g/mol. The molecule has 1 heterocycles. The number of rotatable bonds is 7. The maximum Gasteiger partial charge on any atom is 0.254 e. The summed E-state index contributed by atoms with van der Waals surface area (Å²) in [6, 6.07) is 0. The van der Waals surface area contributed by atoms with Crippen LogP contribution in [-0.4, -0.2) is 22.2 Å². The second kappa shape index (κ2) is 8.35. The molecule has 0 saturated carbocycles. The second-order valence-electron chi connectivity index (χ2n) is 5.17. The third-order valence-corrected chi connectivity index (χ3v) is 3.02. The fraction of sp³-hybridized carbons (Fsp3) is 0.500. The van der Waals surface area contributed by atoms with Crippen LogP contribution in [0.4, 0.5) is 0 Å². The van der Waals surface area contributed by atoms with Crippen molar-refractivity contribution in [2.45, 2.75) is 47.1 Å². The number of carbonyl (C=O) groups is 1. The Balaban J connectivity index is 2.35. The maximum absolute atomic E-state index is 11.9. The van der Waals surface area contributed by atoms with Crippen molar-refractivity contribution < 1.29 is 4.79 Å². The van der Waals surface area contributed by atoms with Crippen LogP contribution in [0.2, 0.25) is 0 Å². The molecular formula is C16H25N3O. The molecule has 0 aliphatic heterocycles. The van der Waals surface area contributed by atoms with Gasteiger partial charge in [0.15, 0.2) is 0 Å². The van der Waals surface area contributed by atoms with Gasteiger partial charge in [0.25, 0.3) is 5.91 Å². The largest absolute Gasteiger partial charge is 0.348 e. The van der Waals surface area contributed by atoms with Crippen LogP contribution in [0.1, 0.15) is 50.9 Å². The van der Waals surface area contributed by atoms with Crippen molar-refractivity contribution >= 4 is 5.91 Å². The van der Waals surface area contributed by atoms with Gasteiger partial charge in [-0.05, 0) is 40.5 Å². The SMILES string of the molecule is CCn1cc(C(=O)NC/C=C(\C)CCC=C(C)C)cn1. The molecule has 0 aromatic carbocycles. The van der Waals surface area contributed by atoms with E-state index in [0.717, 1.165) is 19.4 Å². The van der Waals surface area contributed by atoms with Crippen molar-refractivity contribution in [3.05, 3.63) is 41.3 Å². The molecule has 0 atom stereocenters. The Morgan fingerprint density at radius 2 is 2.10 bits per heavy atom. The summed E-state index contributed by atoms with van der Waals surface area (Å²) in [4.78, 5) is 11.9. The zero-order valence-corrected chi connectivity index (χ0v) is 12.9. The molecule has 0 aliphatic rings. The quantitative estimate of drug-likeness (QED) is 0.776. The number of amides is 1. The highest BCUT2D eigenvalue weighted by Gasteiger charge is 2.06. The minimum Gasteiger partial charge on any atom is -0.348 e. The van der Waals surface area contributed by atoms with E-state index in [1.54, 1.807) is 17.1 Å². The zero-order valence-electron chi connectivity index (χ0n) is 12.9. The fourth-order valence-corrected chi connectivity index (χ4v) is 1.76. The van der Waals surface area contributed by atoms with E-state index < -0.39 is 0 Å². The van der Waals surface area contributed by atoms with Gasteiger partial charge in [0, 0.05) is 19.3 Å².